The number of nitrogens with one attached hydrogen (secondary N) is 1. The Kier molecular flexibility index (Phi) is 4.97. The molecule has 1 aromatic heterocycles. The van der Waals surface area contributed by atoms with Gasteiger partial charge in [0.05, 0.1) is 0 Å². The summed E-state index contributed by atoms with van der Waals surface area (Å²) in [5.74, 6) is 0.303. The number of carbonyl (C=O) groups excluding carboxylic acids is 2. The van der Waals surface area contributed by atoms with Gasteiger partial charge in [0.1, 0.15) is 11.4 Å². The fraction of sp³-hybridized carbons (Fsp3) is 0.538. The molecule has 0 bridgehead atoms. The van der Waals surface area contributed by atoms with E-state index in [2.05, 4.69) is 15.3 Å². The molecule has 19 heavy (non-hydrogen) atoms. The zero-order valence-electron chi connectivity index (χ0n) is 11.7. The fourth-order valence-electron chi connectivity index (χ4n) is 1.26. The number of rotatable bonds is 4. The maximum Gasteiger partial charge on any atom is 0.414 e. The normalized spacial score (nSPS) is 10.9. The van der Waals surface area contributed by atoms with Crippen LogP contribution in [0, 0.1) is 0 Å². The summed E-state index contributed by atoms with van der Waals surface area (Å²) >= 11 is 0. The average molecular weight is 265 g/mol. The number of Topliss-reactive ketones (excluding diaryl/α,β-unsaturated/α-hetero) is 1. The number of anilines is 1. The van der Waals surface area contributed by atoms with Crippen LogP contribution in [0.2, 0.25) is 0 Å². The lowest BCUT2D eigenvalue weighted by Gasteiger charge is -2.19. The first-order valence-electron chi connectivity index (χ1n) is 6.06. The van der Waals surface area contributed by atoms with Gasteiger partial charge < -0.3 is 9.53 Å². The summed E-state index contributed by atoms with van der Waals surface area (Å²) in [7, 11) is 0. The van der Waals surface area contributed by atoms with Crippen molar-refractivity contribution in [1.29, 1.82) is 0 Å². The standard InChI is InChI=1S/C13H19N3O3/c1-9(17)5-6-10-7-14-11(15-8-10)16-12(18)19-13(2,3)4/h7-8H,5-6H2,1-4H3,(H,14,15,16,18). The van der Waals surface area contributed by atoms with Gasteiger partial charge in [-0.3, -0.25) is 5.32 Å². The number of amides is 1. The van der Waals surface area contributed by atoms with Crippen LogP contribution in [0.5, 0.6) is 0 Å². The third-order valence-electron chi connectivity index (χ3n) is 2.08. The Bertz CT molecular complexity index is 449. The smallest absolute Gasteiger partial charge is 0.414 e. The van der Waals surface area contributed by atoms with E-state index in [9.17, 15) is 9.59 Å². The Balaban J connectivity index is 2.52. The van der Waals surface area contributed by atoms with Crippen LogP contribution in [0.25, 0.3) is 0 Å². The van der Waals surface area contributed by atoms with E-state index >= 15 is 0 Å². The number of ether oxygens (including phenoxy) is 1. The summed E-state index contributed by atoms with van der Waals surface area (Å²) in [5, 5.41) is 2.44. The summed E-state index contributed by atoms with van der Waals surface area (Å²) in [4.78, 5) is 30.3. The predicted octanol–water partition coefficient (Wildman–Crippen LogP) is 2.35. The molecule has 1 heterocycles. The van der Waals surface area contributed by atoms with Crippen LogP contribution in [0.3, 0.4) is 0 Å². The first kappa shape index (κ1) is 15.1. The van der Waals surface area contributed by atoms with Gasteiger partial charge in [-0.25, -0.2) is 14.8 Å². The van der Waals surface area contributed by atoms with Gasteiger partial charge in [0.2, 0.25) is 5.95 Å². The quantitative estimate of drug-likeness (QED) is 0.903. The minimum atomic E-state index is -0.594. The minimum absolute atomic E-state index is 0.121. The molecule has 6 heteroatoms. The number of aryl methyl sites for hydroxylation is 1. The lowest BCUT2D eigenvalue weighted by Crippen LogP contribution is -2.27. The molecule has 1 N–H and O–H groups in total. The van der Waals surface area contributed by atoms with Crippen LogP contribution >= 0.6 is 0 Å². The van der Waals surface area contributed by atoms with Crippen molar-refractivity contribution in [2.24, 2.45) is 0 Å². The molecule has 0 aliphatic heterocycles. The highest BCUT2D eigenvalue weighted by atomic mass is 16.6. The molecule has 0 aliphatic rings. The van der Waals surface area contributed by atoms with Crippen LogP contribution in [-0.2, 0) is 16.0 Å². The zero-order valence-corrected chi connectivity index (χ0v) is 11.7. The lowest BCUT2D eigenvalue weighted by atomic mass is 10.1. The van der Waals surface area contributed by atoms with E-state index in [-0.39, 0.29) is 11.7 Å². The van der Waals surface area contributed by atoms with Crippen LogP contribution in [0.1, 0.15) is 39.7 Å². The largest absolute Gasteiger partial charge is 0.444 e. The first-order chi connectivity index (χ1) is 8.76. The van der Waals surface area contributed by atoms with Gasteiger partial charge in [0, 0.05) is 18.8 Å². The van der Waals surface area contributed by atoms with E-state index in [4.69, 9.17) is 4.74 Å². The average Bonchev–Trinajstić information content (AvgIpc) is 2.25. The Morgan fingerprint density at radius 2 is 1.84 bits per heavy atom. The highest BCUT2D eigenvalue weighted by molar-refractivity contribution is 5.82. The molecule has 0 fully saturated rings. The van der Waals surface area contributed by atoms with E-state index in [0.29, 0.717) is 12.8 Å². The van der Waals surface area contributed by atoms with Crippen LogP contribution < -0.4 is 5.32 Å². The van der Waals surface area contributed by atoms with Crippen molar-refractivity contribution in [3.63, 3.8) is 0 Å². The molecule has 1 rings (SSSR count). The second-order valence-corrected chi connectivity index (χ2v) is 5.24. The third kappa shape index (κ3) is 6.49. The van der Waals surface area contributed by atoms with Crippen LogP contribution in [-0.4, -0.2) is 27.4 Å². The van der Waals surface area contributed by atoms with Crippen LogP contribution in [0.4, 0.5) is 10.7 Å². The number of nitrogens with zero attached hydrogens (tertiary/aromatic N) is 2. The lowest BCUT2D eigenvalue weighted by molar-refractivity contribution is -0.116. The molecular weight excluding hydrogens is 246 g/mol. The van der Waals surface area contributed by atoms with E-state index in [1.165, 1.54) is 0 Å². The summed E-state index contributed by atoms with van der Waals surface area (Å²) in [6, 6.07) is 0. The minimum Gasteiger partial charge on any atom is -0.444 e. The van der Waals surface area contributed by atoms with E-state index < -0.39 is 11.7 Å². The topological polar surface area (TPSA) is 81.2 Å². The van der Waals surface area contributed by atoms with Gasteiger partial charge in [0.25, 0.3) is 0 Å². The van der Waals surface area contributed by atoms with Crippen molar-refractivity contribution >= 4 is 17.8 Å². The number of carbonyl (C=O) groups is 2. The van der Waals surface area contributed by atoms with Crippen molar-refractivity contribution in [2.45, 2.75) is 46.1 Å². The van der Waals surface area contributed by atoms with Gasteiger partial charge in [-0.05, 0) is 39.7 Å². The van der Waals surface area contributed by atoms with E-state index in [1.807, 2.05) is 0 Å². The first-order valence-corrected chi connectivity index (χ1v) is 6.06. The van der Waals surface area contributed by atoms with Crippen LogP contribution in [0.15, 0.2) is 12.4 Å². The summed E-state index contributed by atoms with van der Waals surface area (Å²) in [6.07, 6.45) is 3.64. The summed E-state index contributed by atoms with van der Waals surface area (Å²) in [5.41, 5.74) is 0.288. The maximum atomic E-state index is 11.5. The van der Waals surface area contributed by atoms with Gasteiger partial charge >= 0.3 is 6.09 Å². The molecule has 0 saturated heterocycles. The molecule has 0 spiro atoms. The molecule has 0 radical (unpaired) electrons. The molecule has 0 unspecified atom stereocenters. The Morgan fingerprint density at radius 1 is 1.26 bits per heavy atom. The molecule has 6 nitrogen and oxygen atoms in total. The number of aromatic nitrogens is 2. The molecule has 0 aliphatic carbocycles. The monoisotopic (exact) mass is 265 g/mol. The van der Waals surface area contributed by atoms with Gasteiger partial charge in [-0.15, -0.1) is 0 Å². The third-order valence-corrected chi connectivity index (χ3v) is 2.08. The SMILES string of the molecule is CC(=O)CCc1cnc(NC(=O)OC(C)(C)C)nc1. The molecule has 0 saturated carbocycles. The van der Waals surface area contributed by atoms with Crippen molar-refractivity contribution < 1.29 is 14.3 Å². The number of ketones is 1. The highest BCUT2D eigenvalue weighted by Gasteiger charge is 2.16. The van der Waals surface area contributed by atoms with Crippen molar-refractivity contribution in [2.75, 3.05) is 5.32 Å². The molecule has 1 amide bonds. The summed E-state index contributed by atoms with van der Waals surface area (Å²) < 4.78 is 5.08. The van der Waals surface area contributed by atoms with E-state index in [1.54, 1.807) is 40.1 Å². The Morgan fingerprint density at radius 3 is 2.32 bits per heavy atom. The second-order valence-electron chi connectivity index (χ2n) is 5.24. The fourth-order valence-corrected chi connectivity index (χ4v) is 1.26. The second kappa shape index (κ2) is 6.26. The molecule has 1 aromatic rings. The Hall–Kier alpha value is -1.98. The van der Waals surface area contributed by atoms with Crippen molar-refractivity contribution in [1.82, 2.24) is 9.97 Å². The van der Waals surface area contributed by atoms with Gasteiger partial charge in [-0.2, -0.15) is 0 Å². The highest BCUT2D eigenvalue weighted by Crippen LogP contribution is 2.09. The molecule has 104 valence electrons. The van der Waals surface area contributed by atoms with Crippen molar-refractivity contribution in [3.05, 3.63) is 18.0 Å². The zero-order chi connectivity index (χ0) is 14.5. The Labute approximate surface area is 112 Å². The number of hydrogen-bond donors (Lipinski definition) is 1. The summed E-state index contributed by atoms with van der Waals surface area (Å²) in [6.45, 7) is 6.87. The predicted molar refractivity (Wildman–Crippen MR) is 70.9 cm³/mol. The molecule has 0 aromatic carbocycles. The van der Waals surface area contributed by atoms with Crippen molar-refractivity contribution in [3.8, 4) is 0 Å². The molecule has 0 atom stereocenters. The van der Waals surface area contributed by atoms with Gasteiger partial charge in [0.15, 0.2) is 0 Å². The van der Waals surface area contributed by atoms with Gasteiger partial charge in [-0.1, -0.05) is 0 Å². The number of hydrogen-bond acceptors (Lipinski definition) is 5. The molecular formula is C13H19N3O3. The maximum absolute atomic E-state index is 11.5. The van der Waals surface area contributed by atoms with E-state index in [0.717, 1.165) is 5.56 Å².